The molecular formula is C15H18BrF2NO. The van der Waals surface area contributed by atoms with E-state index >= 15 is 0 Å². The number of halogens is 3. The highest BCUT2D eigenvalue weighted by atomic mass is 79.9. The predicted octanol–water partition coefficient (Wildman–Crippen LogP) is 3.88. The van der Waals surface area contributed by atoms with Gasteiger partial charge in [-0.25, -0.2) is 4.39 Å². The van der Waals surface area contributed by atoms with Crippen molar-refractivity contribution < 1.29 is 13.5 Å². The Balaban J connectivity index is 1.47. The molecule has 0 unspecified atom stereocenters. The zero-order valence-electron chi connectivity index (χ0n) is 11.2. The molecule has 0 bridgehead atoms. The summed E-state index contributed by atoms with van der Waals surface area (Å²) in [5, 5.41) is 3.51. The van der Waals surface area contributed by atoms with Crippen LogP contribution >= 0.6 is 15.9 Å². The maximum Gasteiger partial charge on any atom is 0.200 e. The Morgan fingerprint density at radius 1 is 1.20 bits per heavy atom. The third-order valence-electron chi connectivity index (χ3n) is 3.96. The molecule has 2 aliphatic rings. The maximum atomic E-state index is 13.5. The number of hydrogen-bond donors (Lipinski definition) is 1. The van der Waals surface area contributed by atoms with Crippen LogP contribution in [0.15, 0.2) is 16.6 Å². The van der Waals surface area contributed by atoms with Crippen LogP contribution < -0.4 is 10.1 Å². The lowest BCUT2D eigenvalue weighted by molar-refractivity contribution is 0.277. The van der Waals surface area contributed by atoms with Crippen LogP contribution in [0.3, 0.4) is 0 Å². The first-order valence-electron chi connectivity index (χ1n) is 7.16. The maximum absolute atomic E-state index is 13.5. The highest BCUT2D eigenvalue weighted by Crippen LogP contribution is 2.44. The molecule has 1 aromatic rings. The van der Waals surface area contributed by atoms with Crippen LogP contribution in [0.1, 0.15) is 25.7 Å². The zero-order valence-corrected chi connectivity index (χ0v) is 12.8. The molecule has 20 heavy (non-hydrogen) atoms. The van der Waals surface area contributed by atoms with Gasteiger partial charge < -0.3 is 10.1 Å². The molecule has 0 saturated heterocycles. The summed E-state index contributed by atoms with van der Waals surface area (Å²) in [6.45, 7) is 1.02. The second-order valence-electron chi connectivity index (χ2n) is 5.70. The van der Waals surface area contributed by atoms with Crippen LogP contribution in [-0.4, -0.2) is 19.2 Å². The van der Waals surface area contributed by atoms with Crippen molar-refractivity contribution in [1.29, 1.82) is 0 Å². The van der Waals surface area contributed by atoms with Crippen LogP contribution in [-0.2, 0) is 0 Å². The fourth-order valence-corrected chi connectivity index (χ4v) is 3.06. The quantitative estimate of drug-likeness (QED) is 0.598. The van der Waals surface area contributed by atoms with Gasteiger partial charge >= 0.3 is 0 Å². The molecule has 0 heterocycles. The fraction of sp³-hybridized carbons (Fsp3) is 0.600. The topological polar surface area (TPSA) is 21.3 Å². The molecule has 1 N–H and O–H groups in total. The van der Waals surface area contributed by atoms with Crippen molar-refractivity contribution in [2.45, 2.75) is 31.7 Å². The van der Waals surface area contributed by atoms with Crippen molar-refractivity contribution in [3.05, 3.63) is 28.2 Å². The molecule has 0 amide bonds. The largest absolute Gasteiger partial charge is 0.489 e. The van der Waals surface area contributed by atoms with Gasteiger partial charge in [0.05, 0.1) is 0 Å². The van der Waals surface area contributed by atoms with Crippen molar-refractivity contribution in [2.24, 2.45) is 11.8 Å². The summed E-state index contributed by atoms with van der Waals surface area (Å²) in [6.07, 6.45) is 5.28. The molecular weight excluding hydrogens is 328 g/mol. The molecule has 110 valence electrons. The Hall–Kier alpha value is -0.680. The van der Waals surface area contributed by atoms with Gasteiger partial charge in [0.1, 0.15) is 6.61 Å². The molecule has 0 atom stereocenters. The third kappa shape index (κ3) is 3.50. The summed E-state index contributed by atoms with van der Waals surface area (Å²) in [7, 11) is 0. The van der Waals surface area contributed by atoms with E-state index in [1.54, 1.807) is 0 Å². The van der Waals surface area contributed by atoms with Crippen molar-refractivity contribution in [3.63, 3.8) is 0 Å². The molecule has 0 radical (unpaired) electrons. The van der Waals surface area contributed by atoms with E-state index in [0.717, 1.165) is 17.9 Å². The molecule has 3 rings (SSSR count). The second kappa shape index (κ2) is 5.98. The number of rotatable bonds is 7. The van der Waals surface area contributed by atoms with Crippen molar-refractivity contribution in [3.8, 4) is 5.75 Å². The van der Waals surface area contributed by atoms with Crippen LogP contribution in [0.4, 0.5) is 8.78 Å². The lowest BCUT2D eigenvalue weighted by Crippen LogP contribution is -2.36. The molecule has 2 fully saturated rings. The number of nitrogens with one attached hydrogen (secondary N) is 1. The molecule has 2 nitrogen and oxygen atoms in total. The van der Waals surface area contributed by atoms with Gasteiger partial charge in [0.25, 0.3) is 0 Å². The summed E-state index contributed by atoms with van der Waals surface area (Å²) >= 11 is 3.13. The Bertz CT molecular complexity index is 477. The molecule has 0 aliphatic heterocycles. The van der Waals surface area contributed by atoms with Crippen molar-refractivity contribution >= 4 is 15.9 Å². The summed E-state index contributed by atoms with van der Waals surface area (Å²) < 4.78 is 32.5. The van der Waals surface area contributed by atoms with Crippen molar-refractivity contribution in [2.75, 3.05) is 13.2 Å². The second-order valence-corrected chi connectivity index (χ2v) is 6.62. The average molecular weight is 346 g/mol. The van der Waals surface area contributed by atoms with Gasteiger partial charge in [-0.2, -0.15) is 4.39 Å². The van der Waals surface area contributed by atoms with Crippen LogP contribution in [0.5, 0.6) is 5.75 Å². The minimum absolute atomic E-state index is 0.0342. The SMILES string of the molecule is Fc1cc(Br)cc(OCCNC(C2CC2)C2CC2)c1F. The normalized spacial score (nSPS) is 18.6. The van der Waals surface area contributed by atoms with Gasteiger partial charge in [-0.15, -0.1) is 0 Å². The number of benzene rings is 1. The van der Waals surface area contributed by atoms with E-state index in [-0.39, 0.29) is 5.75 Å². The zero-order chi connectivity index (χ0) is 14.1. The molecule has 2 aliphatic carbocycles. The highest BCUT2D eigenvalue weighted by Gasteiger charge is 2.40. The minimum atomic E-state index is -0.922. The first-order valence-corrected chi connectivity index (χ1v) is 7.95. The van der Waals surface area contributed by atoms with Gasteiger partial charge in [0, 0.05) is 17.1 Å². The highest BCUT2D eigenvalue weighted by molar-refractivity contribution is 9.10. The predicted molar refractivity (Wildman–Crippen MR) is 76.8 cm³/mol. The van der Waals surface area contributed by atoms with Crippen LogP contribution in [0.2, 0.25) is 0 Å². The minimum Gasteiger partial charge on any atom is -0.489 e. The van der Waals surface area contributed by atoms with Crippen LogP contribution in [0.25, 0.3) is 0 Å². The molecule has 2 saturated carbocycles. The first kappa shape index (κ1) is 14.3. The van der Waals surface area contributed by atoms with Crippen LogP contribution in [0, 0.1) is 23.5 Å². The van der Waals surface area contributed by atoms with E-state index in [0.29, 0.717) is 23.7 Å². The lowest BCUT2D eigenvalue weighted by Gasteiger charge is -2.18. The molecule has 1 aromatic carbocycles. The smallest absolute Gasteiger partial charge is 0.200 e. The summed E-state index contributed by atoms with van der Waals surface area (Å²) in [4.78, 5) is 0. The van der Waals surface area contributed by atoms with E-state index in [2.05, 4.69) is 21.2 Å². The molecule has 5 heteroatoms. The van der Waals surface area contributed by atoms with E-state index in [9.17, 15) is 8.78 Å². The van der Waals surface area contributed by atoms with Crippen molar-refractivity contribution in [1.82, 2.24) is 5.32 Å². The number of hydrogen-bond acceptors (Lipinski definition) is 2. The first-order chi connectivity index (χ1) is 9.65. The average Bonchev–Trinajstić information content (AvgIpc) is 3.26. The third-order valence-corrected chi connectivity index (χ3v) is 4.42. The molecule has 0 aromatic heterocycles. The summed E-state index contributed by atoms with van der Waals surface area (Å²) in [6, 6.07) is 3.15. The Morgan fingerprint density at radius 3 is 2.45 bits per heavy atom. The van der Waals surface area contributed by atoms with Gasteiger partial charge in [-0.05, 0) is 49.7 Å². The van der Waals surface area contributed by atoms with Gasteiger partial charge in [0.15, 0.2) is 11.6 Å². The standard InChI is InChI=1S/C15H18BrF2NO/c16-11-7-12(17)14(18)13(8-11)20-6-5-19-15(9-1-2-9)10-3-4-10/h7-10,15,19H,1-6H2. The Kier molecular flexibility index (Phi) is 4.26. The summed E-state index contributed by atoms with van der Waals surface area (Å²) in [5.41, 5.74) is 0. The lowest BCUT2D eigenvalue weighted by atomic mass is 10.1. The van der Waals surface area contributed by atoms with Gasteiger partial charge in [0.2, 0.25) is 5.82 Å². The van der Waals surface area contributed by atoms with E-state index < -0.39 is 11.6 Å². The molecule has 0 spiro atoms. The van der Waals surface area contributed by atoms with E-state index in [1.807, 2.05) is 0 Å². The monoisotopic (exact) mass is 345 g/mol. The van der Waals surface area contributed by atoms with Gasteiger partial charge in [-0.3, -0.25) is 0 Å². The summed E-state index contributed by atoms with van der Waals surface area (Å²) in [5.74, 6) is -0.205. The Labute approximate surface area is 126 Å². The Morgan fingerprint density at radius 2 is 1.85 bits per heavy atom. The van der Waals surface area contributed by atoms with Gasteiger partial charge in [-0.1, -0.05) is 15.9 Å². The van der Waals surface area contributed by atoms with E-state index in [1.165, 1.54) is 31.7 Å². The fourth-order valence-electron chi connectivity index (χ4n) is 2.65. The van der Waals surface area contributed by atoms with E-state index in [4.69, 9.17) is 4.74 Å². The number of ether oxygens (including phenoxy) is 1.